The van der Waals surface area contributed by atoms with E-state index in [2.05, 4.69) is 30.9 Å². The third-order valence-electron chi connectivity index (χ3n) is 2.50. The third-order valence-corrected chi connectivity index (χ3v) is 4.09. The topological polar surface area (TPSA) is 58.6 Å². The molecule has 0 spiro atoms. The van der Waals surface area contributed by atoms with Gasteiger partial charge in [0.2, 0.25) is 0 Å². The van der Waals surface area contributed by atoms with Crippen molar-refractivity contribution in [2.75, 3.05) is 0 Å². The summed E-state index contributed by atoms with van der Waals surface area (Å²) in [4.78, 5) is 23.5. The van der Waals surface area contributed by atoms with Gasteiger partial charge in [0, 0.05) is 11.8 Å². The van der Waals surface area contributed by atoms with Crippen LogP contribution in [0.5, 0.6) is 0 Å². The van der Waals surface area contributed by atoms with Crippen molar-refractivity contribution in [3.8, 4) is 0 Å². The summed E-state index contributed by atoms with van der Waals surface area (Å²) in [5.41, 5.74) is 1.61. The van der Waals surface area contributed by atoms with Crippen LogP contribution in [-0.4, -0.2) is 15.0 Å². The fourth-order valence-electron chi connectivity index (χ4n) is 1.65. The third kappa shape index (κ3) is 2.87. The normalized spacial score (nSPS) is 11.2. The van der Waals surface area contributed by atoms with Gasteiger partial charge < -0.3 is 4.98 Å². The Kier molecular flexibility index (Phi) is 3.97. The number of nitrogens with one attached hydrogen (secondary N) is 1. The quantitative estimate of drug-likeness (QED) is 0.942. The number of nitrogens with zero attached hydrogens (tertiary/aromatic N) is 2. The Bertz CT molecular complexity index is 618. The summed E-state index contributed by atoms with van der Waals surface area (Å²) in [6.45, 7) is 6.00. The molecular formula is C12H14BrN3OS. The Morgan fingerprint density at radius 1 is 1.44 bits per heavy atom. The van der Waals surface area contributed by atoms with Gasteiger partial charge in [-0.1, -0.05) is 13.8 Å². The predicted octanol–water partition coefficient (Wildman–Crippen LogP) is 3.01. The van der Waals surface area contributed by atoms with Crippen LogP contribution in [0.3, 0.4) is 0 Å². The first-order valence-electron chi connectivity index (χ1n) is 5.67. The fourth-order valence-corrected chi connectivity index (χ4v) is 2.91. The maximum Gasteiger partial charge on any atom is 0.265 e. The average Bonchev–Trinajstić information content (AvgIpc) is 2.68. The van der Waals surface area contributed by atoms with E-state index in [1.807, 2.05) is 26.2 Å². The molecule has 0 aliphatic heterocycles. The smallest absolute Gasteiger partial charge is 0.265 e. The van der Waals surface area contributed by atoms with Gasteiger partial charge in [0.25, 0.3) is 5.56 Å². The molecule has 0 saturated carbocycles. The van der Waals surface area contributed by atoms with Gasteiger partial charge >= 0.3 is 0 Å². The van der Waals surface area contributed by atoms with Crippen molar-refractivity contribution in [3.63, 3.8) is 0 Å². The largest absolute Gasteiger partial charge is 0.309 e. The van der Waals surface area contributed by atoms with Gasteiger partial charge in [-0.15, -0.1) is 11.3 Å². The number of hydrogen-bond donors (Lipinski definition) is 1. The number of rotatable bonds is 3. The van der Waals surface area contributed by atoms with Crippen LogP contribution in [0.25, 0.3) is 0 Å². The van der Waals surface area contributed by atoms with Crippen LogP contribution in [0.4, 0.5) is 0 Å². The minimum Gasteiger partial charge on any atom is -0.309 e. The number of aromatic nitrogens is 3. The highest BCUT2D eigenvalue weighted by molar-refractivity contribution is 9.10. The second-order valence-electron chi connectivity index (χ2n) is 4.40. The zero-order valence-electron chi connectivity index (χ0n) is 10.5. The first kappa shape index (κ1) is 13.4. The summed E-state index contributed by atoms with van der Waals surface area (Å²) in [5, 5.41) is 3.01. The minimum atomic E-state index is -0.129. The molecule has 0 aliphatic rings. The van der Waals surface area contributed by atoms with Gasteiger partial charge in [-0.05, 0) is 28.8 Å². The molecule has 0 atom stereocenters. The molecule has 2 rings (SSSR count). The Morgan fingerprint density at radius 3 is 2.72 bits per heavy atom. The lowest BCUT2D eigenvalue weighted by Crippen LogP contribution is -2.16. The van der Waals surface area contributed by atoms with E-state index >= 15 is 0 Å². The molecule has 1 N–H and O–H groups in total. The molecule has 0 aliphatic carbocycles. The number of halogens is 1. The minimum absolute atomic E-state index is 0.129. The molecule has 18 heavy (non-hydrogen) atoms. The Hall–Kier alpha value is -1.01. The second-order valence-corrected chi connectivity index (χ2v) is 6.26. The summed E-state index contributed by atoms with van der Waals surface area (Å²) in [6.07, 6.45) is 0.562. The molecule has 96 valence electrons. The number of aryl methyl sites for hydroxylation is 1. The molecule has 4 nitrogen and oxygen atoms in total. The van der Waals surface area contributed by atoms with Crippen LogP contribution in [0.15, 0.2) is 14.6 Å². The molecule has 0 bridgehead atoms. The maximum atomic E-state index is 11.8. The van der Waals surface area contributed by atoms with Crippen molar-refractivity contribution in [1.82, 2.24) is 15.0 Å². The molecule has 2 aromatic rings. The summed E-state index contributed by atoms with van der Waals surface area (Å²) < 4.78 is 0.524. The van der Waals surface area contributed by atoms with Crippen molar-refractivity contribution in [2.24, 2.45) is 0 Å². The number of aromatic amines is 1. The van der Waals surface area contributed by atoms with E-state index in [-0.39, 0.29) is 11.5 Å². The summed E-state index contributed by atoms with van der Waals surface area (Å²) >= 11 is 4.89. The Morgan fingerprint density at radius 2 is 2.17 bits per heavy atom. The van der Waals surface area contributed by atoms with Crippen LogP contribution < -0.4 is 5.56 Å². The van der Waals surface area contributed by atoms with E-state index < -0.39 is 0 Å². The lowest BCUT2D eigenvalue weighted by Gasteiger charge is -2.08. The molecule has 0 radical (unpaired) electrons. The van der Waals surface area contributed by atoms with Gasteiger partial charge in [-0.25, -0.2) is 9.97 Å². The van der Waals surface area contributed by atoms with Crippen molar-refractivity contribution in [3.05, 3.63) is 42.4 Å². The summed E-state index contributed by atoms with van der Waals surface area (Å²) in [5.74, 6) is 0.870. The van der Waals surface area contributed by atoms with E-state index in [1.54, 1.807) is 11.3 Å². The fraction of sp³-hybridized carbons (Fsp3) is 0.417. The van der Waals surface area contributed by atoms with E-state index in [0.717, 1.165) is 16.4 Å². The van der Waals surface area contributed by atoms with Gasteiger partial charge in [0.05, 0.1) is 16.4 Å². The number of H-pyrrole nitrogens is 1. The van der Waals surface area contributed by atoms with Gasteiger partial charge in [0.15, 0.2) is 0 Å². The van der Waals surface area contributed by atoms with Crippen molar-refractivity contribution in [2.45, 2.75) is 33.1 Å². The monoisotopic (exact) mass is 327 g/mol. The van der Waals surface area contributed by atoms with E-state index in [0.29, 0.717) is 16.7 Å². The van der Waals surface area contributed by atoms with Gasteiger partial charge in [0.1, 0.15) is 10.3 Å². The standard InChI is InChI=1S/C12H14BrN3OS/c1-6(2)11-10(13)12(17)16-9(15-11)4-8-5-18-7(3)14-8/h5-6H,4H2,1-3H3,(H,15,16,17). The molecular weight excluding hydrogens is 314 g/mol. The van der Waals surface area contributed by atoms with Crippen molar-refractivity contribution < 1.29 is 0 Å². The van der Waals surface area contributed by atoms with Crippen LogP contribution in [0, 0.1) is 6.92 Å². The molecule has 2 aromatic heterocycles. The molecule has 2 heterocycles. The molecule has 0 saturated heterocycles. The zero-order valence-corrected chi connectivity index (χ0v) is 12.9. The lowest BCUT2D eigenvalue weighted by atomic mass is 10.1. The van der Waals surface area contributed by atoms with Crippen LogP contribution >= 0.6 is 27.3 Å². The van der Waals surface area contributed by atoms with Crippen LogP contribution in [-0.2, 0) is 6.42 Å². The SMILES string of the molecule is Cc1nc(Cc2nc(C(C)C)c(Br)c(=O)[nH]2)cs1. The Labute approximate surface area is 118 Å². The van der Waals surface area contributed by atoms with Gasteiger partial charge in [-0.3, -0.25) is 4.79 Å². The zero-order chi connectivity index (χ0) is 13.3. The van der Waals surface area contributed by atoms with E-state index in [4.69, 9.17) is 0 Å². The highest BCUT2D eigenvalue weighted by atomic mass is 79.9. The summed E-state index contributed by atoms with van der Waals surface area (Å²) in [7, 11) is 0. The summed E-state index contributed by atoms with van der Waals surface area (Å²) in [6, 6.07) is 0. The van der Waals surface area contributed by atoms with E-state index in [1.165, 1.54) is 0 Å². The van der Waals surface area contributed by atoms with Crippen molar-refractivity contribution in [1.29, 1.82) is 0 Å². The lowest BCUT2D eigenvalue weighted by molar-refractivity contribution is 0.773. The molecule has 0 aromatic carbocycles. The predicted molar refractivity (Wildman–Crippen MR) is 76.3 cm³/mol. The number of hydrogen-bond acceptors (Lipinski definition) is 4. The highest BCUT2D eigenvalue weighted by Gasteiger charge is 2.13. The average molecular weight is 328 g/mol. The first-order chi connectivity index (χ1) is 8.47. The van der Waals surface area contributed by atoms with E-state index in [9.17, 15) is 4.79 Å². The molecule has 0 amide bonds. The number of thiazole rings is 1. The van der Waals surface area contributed by atoms with Crippen molar-refractivity contribution >= 4 is 27.3 Å². The van der Waals surface area contributed by atoms with Crippen LogP contribution in [0.1, 0.15) is 42.0 Å². The Balaban J connectivity index is 2.37. The van der Waals surface area contributed by atoms with Gasteiger partial charge in [-0.2, -0.15) is 0 Å². The first-order valence-corrected chi connectivity index (χ1v) is 7.34. The molecule has 6 heteroatoms. The van der Waals surface area contributed by atoms with Crippen LogP contribution in [0.2, 0.25) is 0 Å². The maximum absolute atomic E-state index is 11.8. The second kappa shape index (κ2) is 5.32. The highest BCUT2D eigenvalue weighted by Crippen LogP contribution is 2.19. The molecule has 0 fully saturated rings. The molecule has 0 unspecified atom stereocenters.